The molecule has 2 rings (SSSR count). The number of hydrogen-bond donors (Lipinski definition) is 1. The van der Waals surface area contributed by atoms with Gasteiger partial charge < -0.3 is 5.11 Å². The Bertz CT molecular complexity index is 450. The van der Waals surface area contributed by atoms with E-state index in [9.17, 15) is 13.2 Å². The molecule has 2 heterocycles. The summed E-state index contributed by atoms with van der Waals surface area (Å²) in [4.78, 5) is 8.90. The van der Waals surface area contributed by atoms with E-state index in [0.717, 1.165) is 5.65 Å². The first kappa shape index (κ1) is 12.0. The van der Waals surface area contributed by atoms with Crippen LogP contribution < -0.4 is 0 Å². The van der Waals surface area contributed by atoms with Gasteiger partial charge in [-0.15, -0.1) is 10.2 Å². The maximum Gasteiger partial charge on any atom is 0.490 e. The fourth-order valence-corrected chi connectivity index (χ4v) is 0.770. The molecule has 0 amide bonds. The minimum Gasteiger partial charge on any atom is -0.475 e. The first-order valence-electron chi connectivity index (χ1n) is 3.96. The lowest BCUT2D eigenvalue weighted by Gasteiger charge is -1.93. The van der Waals surface area contributed by atoms with Crippen molar-refractivity contribution in [2.24, 2.45) is 0 Å². The Kier molecular flexibility index (Phi) is 3.44. The summed E-state index contributed by atoms with van der Waals surface area (Å²) >= 11 is 0. The maximum absolute atomic E-state index is 10.6. The average molecular weight is 233 g/mol. The van der Waals surface area contributed by atoms with Gasteiger partial charge in [0.25, 0.3) is 0 Å². The predicted octanol–water partition coefficient (Wildman–Crippen LogP) is 1.36. The molecule has 5 nitrogen and oxygen atoms in total. The first-order valence-corrected chi connectivity index (χ1v) is 3.96. The number of halogens is 3. The lowest BCUT2D eigenvalue weighted by atomic mass is 10.5. The number of carboxylic acids is 1. The quantitative estimate of drug-likeness (QED) is 0.746. The van der Waals surface area contributed by atoms with Crippen LogP contribution in [-0.2, 0) is 4.79 Å². The Morgan fingerprint density at radius 2 is 2.00 bits per heavy atom. The zero-order chi connectivity index (χ0) is 12.2. The van der Waals surface area contributed by atoms with Gasteiger partial charge in [-0.05, 0) is 12.1 Å². The van der Waals surface area contributed by atoms with E-state index in [1.165, 1.54) is 0 Å². The molecule has 16 heavy (non-hydrogen) atoms. The van der Waals surface area contributed by atoms with Crippen LogP contribution in [0.5, 0.6) is 0 Å². The lowest BCUT2D eigenvalue weighted by Crippen LogP contribution is -2.21. The number of carbonyl (C=O) groups is 1. The van der Waals surface area contributed by atoms with E-state index >= 15 is 0 Å². The summed E-state index contributed by atoms with van der Waals surface area (Å²) in [5, 5.41) is 14.7. The summed E-state index contributed by atoms with van der Waals surface area (Å²) in [6, 6.07) is 5.79. The monoisotopic (exact) mass is 233 g/mol. The number of fused-ring (bicyclic) bond motifs is 1. The molecule has 1 N–H and O–H groups in total. The molecule has 0 aliphatic carbocycles. The van der Waals surface area contributed by atoms with Crippen LogP contribution in [0.4, 0.5) is 13.2 Å². The number of aromatic nitrogens is 3. The van der Waals surface area contributed by atoms with E-state index in [-0.39, 0.29) is 0 Å². The molecule has 0 spiro atoms. The Morgan fingerprint density at radius 1 is 1.38 bits per heavy atom. The topological polar surface area (TPSA) is 67.5 Å². The molecule has 0 aliphatic rings. The lowest BCUT2D eigenvalue weighted by molar-refractivity contribution is -0.192. The zero-order valence-electron chi connectivity index (χ0n) is 7.72. The number of pyridine rings is 1. The molecule has 0 saturated carbocycles. The molecule has 0 saturated heterocycles. The van der Waals surface area contributed by atoms with Crippen molar-refractivity contribution in [2.75, 3.05) is 0 Å². The van der Waals surface area contributed by atoms with Crippen molar-refractivity contribution in [3.05, 3.63) is 30.7 Å². The highest BCUT2D eigenvalue weighted by Crippen LogP contribution is 2.13. The third kappa shape index (κ3) is 3.23. The highest BCUT2D eigenvalue weighted by atomic mass is 19.4. The average Bonchev–Trinajstić information content (AvgIpc) is 2.64. The van der Waals surface area contributed by atoms with Crippen molar-refractivity contribution < 1.29 is 23.1 Å². The van der Waals surface area contributed by atoms with E-state index in [1.54, 1.807) is 6.33 Å². The van der Waals surface area contributed by atoms with Gasteiger partial charge in [0.05, 0.1) is 0 Å². The van der Waals surface area contributed by atoms with E-state index in [1.807, 2.05) is 28.8 Å². The van der Waals surface area contributed by atoms with Gasteiger partial charge in [0.15, 0.2) is 5.65 Å². The Labute approximate surface area is 87.1 Å². The van der Waals surface area contributed by atoms with Crippen LogP contribution in [0.15, 0.2) is 30.7 Å². The van der Waals surface area contributed by atoms with Crippen LogP contribution in [0.3, 0.4) is 0 Å². The largest absolute Gasteiger partial charge is 0.490 e. The summed E-state index contributed by atoms with van der Waals surface area (Å²) in [6.07, 6.45) is -1.50. The van der Waals surface area contributed by atoms with Crippen molar-refractivity contribution in [3.63, 3.8) is 0 Å². The predicted molar refractivity (Wildman–Crippen MR) is 46.7 cm³/mol. The minimum absolute atomic E-state index is 0.887. The van der Waals surface area contributed by atoms with Gasteiger partial charge in [0.2, 0.25) is 0 Å². The summed E-state index contributed by atoms with van der Waals surface area (Å²) in [5.74, 6) is -2.76. The fraction of sp³-hybridized carbons (Fsp3) is 0.125. The van der Waals surface area contributed by atoms with Crippen molar-refractivity contribution in [2.45, 2.75) is 6.18 Å². The Balaban J connectivity index is 0.000000168. The Hall–Kier alpha value is -2.12. The fourth-order valence-electron chi connectivity index (χ4n) is 0.770. The van der Waals surface area contributed by atoms with E-state index < -0.39 is 12.1 Å². The standard InChI is InChI=1S/C6H5N3.C2HF3O2/c1-2-4-9-5-7-8-6(9)3-1;3-2(4,5)1(6)7/h1-5H;(H,6,7). The van der Waals surface area contributed by atoms with Crippen LogP contribution in [0.1, 0.15) is 0 Å². The number of nitrogens with zero attached hydrogens (tertiary/aromatic N) is 3. The molecule has 0 radical (unpaired) electrons. The van der Waals surface area contributed by atoms with Crippen LogP contribution in [0.25, 0.3) is 5.65 Å². The second kappa shape index (κ2) is 4.60. The van der Waals surface area contributed by atoms with Crippen LogP contribution >= 0.6 is 0 Å². The SMILES string of the molecule is O=C(O)C(F)(F)F.c1ccn2cnnc2c1. The minimum atomic E-state index is -5.08. The molecule has 8 heteroatoms. The van der Waals surface area contributed by atoms with Gasteiger partial charge in [-0.2, -0.15) is 13.2 Å². The summed E-state index contributed by atoms with van der Waals surface area (Å²) in [7, 11) is 0. The van der Waals surface area contributed by atoms with Crippen molar-refractivity contribution in [1.82, 2.24) is 14.6 Å². The normalized spacial score (nSPS) is 10.7. The molecular weight excluding hydrogens is 227 g/mol. The molecule has 0 unspecified atom stereocenters. The summed E-state index contributed by atoms with van der Waals surface area (Å²) in [5.41, 5.74) is 0.887. The number of alkyl halides is 3. The molecule has 2 aromatic rings. The van der Waals surface area contributed by atoms with Crippen molar-refractivity contribution in [3.8, 4) is 0 Å². The Morgan fingerprint density at radius 3 is 2.50 bits per heavy atom. The third-order valence-electron chi connectivity index (χ3n) is 1.45. The van der Waals surface area contributed by atoms with Crippen LogP contribution in [0.2, 0.25) is 0 Å². The first-order chi connectivity index (χ1) is 7.41. The van der Waals surface area contributed by atoms with Gasteiger partial charge in [-0.25, -0.2) is 4.79 Å². The van der Waals surface area contributed by atoms with Crippen LogP contribution in [-0.4, -0.2) is 31.9 Å². The highest BCUT2D eigenvalue weighted by molar-refractivity contribution is 5.73. The van der Waals surface area contributed by atoms with Crippen LogP contribution in [0, 0.1) is 0 Å². The molecule has 0 bridgehead atoms. The molecule has 0 atom stereocenters. The summed E-state index contributed by atoms with van der Waals surface area (Å²) < 4.78 is 33.6. The molecule has 0 aliphatic heterocycles. The number of carboxylic acid groups (broad SMARTS) is 1. The van der Waals surface area contributed by atoms with Gasteiger partial charge in [-0.1, -0.05) is 6.07 Å². The molecular formula is C8H6F3N3O2. The number of hydrogen-bond acceptors (Lipinski definition) is 3. The third-order valence-corrected chi connectivity index (χ3v) is 1.45. The van der Waals surface area contributed by atoms with Gasteiger partial charge in [-0.3, -0.25) is 4.40 Å². The van der Waals surface area contributed by atoms with E-state index in [4.69, 9.17) is 9.90 Å². The second-order valence-corrected chi connectivity index (χ2v) is 2.60. The van der Waals surface area contributed by atoms with Gasteiger partial charge in [0, 0.05) is 6.20 Å². The maximum atomic E-state index is 10.6. The molecule has 0 aromatic carbocycles. The van der Waals surface area contributed by atoms with E-state index in [0.29, 0.717) is 0 Å². The van der Waals surface area contributed by atoms with E-state index in [2.05, 4.69) is 10.2 Å². The van der Waals surface area contributed by atoms with Gasteiger partial charge >= 0.3 is 12.1 Å². The highest BCUT2D eigenvalue weighted by Gasteiger charge is 2.38. The number of aliphatic carboxylic acids is 1. The smallest absolute Gasteiger partial charge is 0.475 e. The van der Waals surface area contributed by atoms with Gasteiger partial charge in [0.1, 0.15) is 6.33 Å². The molecule has 86 valence electrons. The summed E-state index contributed by atoms with van der Waals surface area (Å²) in [6.45, 7) is 0. The zero-order valence-corrected chi connectivity index (χ0v) is 7.72. The van der Waals surface area contributed by atoms with Crippen molar-refractivity contribution in [1.29, 1.82) is 0 Å². The van der Waals surface area contributed by atoms with Crippen molar-refractivity contribution >= 4 is 11.6 Å². The second-order valence-electron chi connectivity index (χ2n) is 2.60. The molecule has 2 aromatic heterocycles. The molecule has 0 fully saturated rings. The number of rotatable bonds is 0.